The van der Waals surface area contributed by atoms with Gasteiger partial charge in [-0.25, -0.2) is 0 Å². The largest absolute Gasteiger partial charge is 0.352 e. The molecule has 2 amide bonds. The molecule has 0 aliphatic heterocycles. The molecule has 0 saturated heterocycles. The highest BCUT2D eigenvalue weighted by Crippen LogP contribution is 2.26. The number of amides is 2. The van der Waals surface area contributed by atoms with Gasteiger partial charge in [-0.1, -0.05) is 90.5 Å². The van der Waals surface area contributed by atoms with Crippen molar-refractivity contribution in [2.24, 2.45) is 0 Å². The summed E-state index contributed by atoms with van der Waals surface area (Å²) in [6, 6.07) is 22.0. The molecule has 1 fully saturated rings. The molecule has 3 aromatic carbocycles. The van der Waals surface area contributed by atoms with Crippen molar-refractivity contribution in [3.05, 3.63) is 99.0 Å². The number of hydrogen-bond acceptors (Lipinski definition) is 3. The normalized spacial score (nSPS) is 14.6. The first-order valence-corrected chi connectivity index (χ1v) is 15.0. The Kier molecular flexibility index (Phi) is 10.8. The molecule has 4 nitrogen and oxygen atoms in total. The van der Waals surface area contributed by atoms with E-state index in [1.165, 1.54) is 18.2 Å². The van der Waals surface area contributed by atoms with Gasteiger partial charge in [0.2, 0.25) is 11.8 Å². The van der Waals surface area contributed by atoms with Crippen LogP contribution in [0.4, 0.5) is 0 Å². The first-order valence-electron chi connectivity index (χ1n) is 12.8. The summed E-state index contributed by atoms with van der Waals surface area (Å²) in [6.45, 7) is 0.243. The molecule has 0 radical (unpaired) electrons. The van der Waals surface area contributed by atoms with E-state index in [1.807, 2.05) is 48.5 Å². The van der Waals surface area contributed by atoms with E-state index >= 15 is 0 Å². The molecule has 0 aromatic heterocycles. The fourth-order valence-electron chi connectivity index (χ4n) is 4.69. The van der Waals surface area contributed by atoms with Crippen LogP contribution in [0.3, 0.4) is 0 Å². The summed E-state index contributed by atoms with van der Waals surface area (Å²) < 4.78 is 0. The van der Waals surface area contributed by atoms with Crippen LogP contribution in [0.25, 0.3) is 0 Å². The van der Waals surface area contributed by atoms with Gasteiger partial charge < -0.3 is 10.2 Å². The fraction of sp³-hybridized carbons (Fsp3) is 0.333. The Bertz CT molecular complexity index is 1220. The van der Waals surface area contributed by atoms with E-state index in [0.717, 1.165) is 41.7 Å². The molecule has 1 N–H and O–H groups in total. The van der Waals surface area contributed by atoms with E-state index < -0.39 is 6.04 Å². The number of halogens is 3. The molecule has 1 aliphatic carbocycles. The summed E-state index contributed by atoms with van der Waals surface area (Å²) in [5.41, 5.74) is 1.81. The van der Waals surface area contributed by atoms with Crippen LogP contribution in [0, 0.1) is 0 Å². The number of benzene rings is 3. The Hall–Kier alpha value is -2.18. The van der Waals surface area contributed by atoms with Gasteiger partial charge >= 0.3 is 0 Å². The summed E-state index contributed by atoms with van der Waals surface area (Å²) in [5.74, 6) is -0.0632. The number of rotatable bonds is 10. The predicted molar refractivity (Wildman–Crippen MR) is 158 cm³/mol. The molecule has 0 spiro atoms. The minimum absolute atomic E-state index is 0.120. The zero-order chi connectivity index (χ0) is 26.9. The van der Waals surface area contributed by atoms with Crippen molar-refractivity contribution in [3.63, 3.8) is 0 Å². The van der Waals surface area contributed by atoms with E-state index in [-0.39, 0.29) is 30.2 Å². The SMILES string of the molecule is O=C(NC1CCCCC1)[C@H](Cc1ccccc1)N(Cc1ccc(Cl)c(Cl)c1)C(=O)CSc1ccc(Cl)cc1. The maximum absolute atomic E-state index is 13.8. The topological polar surface area (TPSA) is 49.4 Å². The molecular weight excluding hydrogens is 559 g/mol. The maximum atomic E-state index is 13.8. The Morgan fingerprint density at radius 2 is 1.58 bits per heavy atom. The Morgan fingerprint density at radius 3 is 2.26 bits per heavy atom. The van der Waals surface area contributed by atoms with Gasteiger partial charge in [0, 0.05) is 28.9 Å². The lowest BCUT2D eigenvalue weighted by molar-refractivity contribution is -0.139. The van der Waals surface area contributed by atoms with E-state index in [9.17, 15) is 9.59 Å². The summed E-state index contributed by atoms with van der Waals surface area (Å²) in [5, 5.41) is 4.76. The van der Waals surface area contributed by atoms with Crippen LogP contribution in [0.1, 0.15) is 43.2 Å². The number of carbonyl (C=O) groups is 2. The number of thioether (sulfide) groups is 1. The minimum atomic E-state index is -0.674. The van der Waals surface area contributed by atoms with E-state index in [2.05, 4.69) is 5.32 Å². The third kappa shape index (κ3) is 8.41. The maximum Gasteiger partial charge on any atom is 0.243 e. The average molecular weight is 590 g/mol. The third-order valence-electron chi connectivity index (χ3n) is 6.74. The van der Waals surface area contributed by atoms with Crippen LogP contribution in [0.15, 0.2) is 77.7 Å². The van der Waals surface area contributed by atoms with Crippen LogP contribution in [0.2, 0.25) is 15.1 Å². The van der Waals surface area contributed by atoms with Crippen molar-refractivity contribution in [2.75, 3.05) is 5.75 Å². The van der Waals surface area contributed by atoms with Gasteiger partial charge in [0.25, 0.3) is 0 Å². The molecular formula is C30H31Cl3N2O2S. The second-order valence-electron chi connectivity index (χ2n) is 9.56. The third-order valence-corrected chi connectivity index (χ3v) is 8.72. The zero-order valence-electron chi connectivity index (χ0n) is 21.0. The molecule has 0 heterocycles. The van der Waals surface area contributed by atoms with Gasteiger partial charge in [-0.3, -0.25) is 9.59 Å². The lowest BCUT2D eigenvalue weighted by Crippen LogP contribution is -2.53. The molecule has 0 unspecified atom stereocenters. The lowest BCUT2D eigenvalue weighted by Gasteiger charge is -2.33. The van der Waals surface area contributed by atoms with Crippen molar-refractivity contribution < 1.29 is 9.59 Å². The van der Waals surface area contributed by atoms with Crippen molar-refractivity contribution in [1.29, 1.82) is 0 Å². The van der Waals surface area contributed by atoms with Gasteiger partial charge in [0.05, 0.1) is 15.8 Å². The average Bonchev–Trinajstić information content (AvgIpc) is 2.93. The highest BCUT2D eigenvalue weighted by atomic mass is 35.5. The van der Waals surface area contributed by atoms with Gasteiger partial charge in [0.15, 0.2) is 0 Å². The molecule has 38 heavy (non-hydrogen) atoms. The van der Waals surface area contributed by atoms with E-state index in [0.29, 0.717) is 21.5 Å². The van der Waals surface area contributed by atoms with Crippen LogP contribution in [-0.2, 0) is 22.6 Å². The highest BCUT2D eigenvalue weighted by molar-refractivity contribution is 8.00. The van der Waals surface area contributed by atoms with Gasteiger partial charge in [-0.15, -0.1) is 11.8 Å². The molecule has 1 atom stereocenters. The number of carbonyl (C=O) groups excluding carboxylic acids is 2. The molecule has 8 heteroatoms. The zero-order valence-corrected chi connectivity index (χ0v) is 24.1. The monoisotopic (exact) mass is 588 g/mol. The number of hydrogen-bond donors (Lipinski definition) is 1. The summed E-state index contributed by atoms with van der Waals surface area (Å²) in [4.78, 5) is 30.2. The molecule has 0 bridgehead atoms. The van der Waals surface area contributed by atoms with Crippen LogP contribution >= 0.6 is 46.6 Å². The summed E-state index contributed by atoms with van der Waals surface area (Å²) in [7, 11) is 0. The quantitative estimate of drug-likeness (QED) is 0.245. The molecule has 4 rings (SSSR count). The second kappa shape index (κ2) is 14.3. The van der Waals surface area contributed by atoms with Gasteiger partial charge in [-0.05, 0) is 60.4 Å². The van der Waals surface area contributed by atoms with Crippen molar-refractivity contribution in [3.8, 4) is 0 Å². The highest BCUT2D eigenvalue weighted by Gasteiger charge is 2.32. The summed E-state index contributed by atoms with van der Waals surface area (Å²) >= 11 is 19.9. The van der Waals surface area contributed by atoms with Crippen LogP contribution < -0.4 is 5.32 Å². The number of nitrogens with one attached hydrogen (secondary N) is 1. The summed E-state index contributed by atoms with van der Waals surface area (Å²) in [6.07, 6.45) is 5.77. The van der Waals surface area contributed by atoms with Crippen LogP contribution in [0.5, 0.6) is 0 Å². The molecule has 1 saturated carbocycles. The lowest BCUT2D eigenvalue weighted by atomic mass is 9.94. The molecule has 200 valence electrons. The fourth-order valence-corrected chi connectivity index (χ4v) is 5.92. The Morgan fingerprint density at radius 1 is 0.868 bits per heavy atom. The standard InChI is InChI=1S/C30H31Cl3N2O2S/c31-23-12-14-25(15-13-23)38-20-29(36)35(19-22-11-16-26(32)27(33)17-22)28(18-21-7-3-1-4-8-21)30(37)34-24-9-5-2-6-10-24/h1,3-4,7-8,11-17,24,28H,2,5-6,9-10,18-20H2,(H,34,37)/t28-/m0/s1. The molecule has 1 aliphatic rings. The van der Waals surface area contributed by atoms with Crippen molar-refractivity contribution in [2.45, 2.75) is 62.0 Å². The Labute approximate surface area is 244 Å². The molecule has 3 aromatic rings. The minimum Gasteiger partial charge on any atom is -0.352 e. The number of nitrogens with zero attached hydrogens (tertiary/aromatic N) is 1. The van der Waals surface area contributed by atoms with Gasteiger partial charge in [0.1, 0.15) is 6.04 Å². The van der Waals surface area contributed by atoms with Crippen LogP contribution in [-0.4, -0.2) is 34.6 Å². The first-order chi connectivity index (χ1) is 18.4. The van der Waals surface area contributed by atoms with E-state index in [4.69, 9.17) is 34.8 Å². The Balaban J connectivity index is 1.62. The second-order valence-corrected chi connectivity index (χ2v) is 11.9. The van der Waals surface area contributed by atoms with Gasteiger partial charge in [-0.2, -0.15) is 0 Å². The van der Waals surface area contributed by atoms with E-state index in [1.54, 1.807) is 29.2 Å². The smallest absolute Gasteiger partial charge is 0.243 e. The first kappa shape index (κ1) is 28.8. The van der Waals surface area contributed by atoms with Crippen molar-refractivity contribution >= 4 is 58.4 Å². The van der Waals surface area contributed by atoms with Crippen molar-refractivity contribution in [1.82, 2.24) is 10.2 Å². The predicted octanol–water partition coefficient (Wildman–Crippen LogP) is 7.83.